The van der Waals surface area contributed by atoms with Crippen molar-refractivity contribution in [1.29, 1.82) is 0 Å². The lowest BCUT2D eigenvalue weighted by Gasteiger charge is -2.26. The van der Waals surface area contributed by atoms with Crippen LogP contribution in [0.15, 0.2) is 22.5 Å². The Morgan fingerprint density at radius 2 is 2.08 bits per heavy atom. The van der Waals surface area contributed by atoms with Crippen molar-refractivity contribution < 1.29 is 0 Å². The van der Waals surface area contributed by atoms with Crippen LogP contribution in [0.2, 0.25) is 0 Å². The van der Waals surface area contributed by atoms with Crippen LogP contribution in [-0.4, -0.2) is 62.1 Å². The van der Waals surface area contributed by atoms with Crippen molar-refractivity contribution in [3.8, 4) is 0 Å². The zero-order valence-electron chi connectivity index (χ0n) is 16.2. The maximum Gasteiger partial charge on any atom is 0.193 e. The van der Waals surface area contributed by atoms with Crippen LogP contribution >= 0.6 is 11.3 Å². The summed E-state index contributed by atoms with van der Waals surface area (Å²) < 4.78 is 0. The minimum atomic E-state index is 0.928. The van der Waals surface area contributed by atoms with E-state index in [4.69, 9.17) is 4.99 Å². The summed E-state index contributed by atoms with van der Waals surface area (Å²) in [4.78, 5) is 11.2. The zero-order valence-corrected chi connectivity index (χ0v) is 17.0. The first-order valence-corrected chi connectivity index (χ1v) is 10.9. The smallest absolute Gasteiger partial charge is 0.193 e. The monoisotopic (exact) mass is 364 g/mol. The third kappa shape index (κ3) is 8.23. The molecule has 25 heavy (non-hydrogen) atoms. The van der Waals surface area contributed by atoms with Gasteiger partial charge in [-0.3, -0.25) is 4.99 Å². The molecular weight excluding hydrogens is 328 g/mol. The zero-order chi connectivity index (χ0) is 17.7. The van der Waals surface area contributed by atoms with Crippen LogP contribution in [0.4, 0.5) is 0 Å². The van der Waals surface area contributed by atoms with Crippen LogP contribution in [0.25, 0.3) is 0 Å². The Hall–Kier alpha value is -1.07. The second-order valence-electron chi connectivity index (χ2n) is 6.95. The van der Waals surface area contributed by atoms with Gasteiger partial charge in [0, 0.05) is 31.6 Å². The van der Waals surface area contributed by atoms with Crippen LogP contribution < -0.4 is 5.32 Å². The molecule has 1 aromatic rings. The highest BCUT2D eigenvalue weighted by molar-refractivity contribution is 7.09. The molecule has 0 aromatic carbocycles. The fourth-order valence-corrected chi connectivity index (χ4v) is 4.00. The van der Waals surface area contributed by atoms with Gasteiger partial charge in [-0.2, -0.15) is 0 Å². The molecule has 0 aliphatic carbocycles. The first-order chi connectivity index (χ1) is 12.3. The topological polar surface area (TPSA) is 30.9 Å². The molecule has 1 saturated heterocycles. The highest BCUT2D eigenvalue weighted by Gasteiger charge is 2.09. The first-order valence-electron chi connectivity index (χ1n) is 10.0. The molecule has 0 amide bonds. The van der Waals surface area contributed by atoms with E-state index >= 15 is 0 Å². The summed E-state index contributed by atoms with van der Waals surface area (Å²) in [5, 5.41) is 5.58. The van der Waals surface area contributed by atoms with Crippen molar-refractivity contribution in [2.45, 2.75) is 51.9 Å². The van der Waals surface area contributed by atoms with Gasteiger partial charge in [-0.25, -0.2) is 0 Å². The highest BCUT2D eigenvalue weighted by atomic mass is 32.1. The summed E-state index contributed by atoms with van der Waals surface area (Å²) in [7, 11) is 2.14. The third-order valence-electron chi connectivity index (χ3n) is 4.81. The summed E-state index contributed by atoms with van der Waals surface area (Å²) in [6.45, 7) is 8.94. The Labute approximate surface area is 158 Å². The van der Waals surface area contributed by atoms with E-state index < -0.39 is 0 Å². The quantitative estimate of drug-likeness (QED) is 0.389. The maximum atomic E-state index is 4.82. The van der Waals surface area contributed by atoms with Gasteiger partial charge in [-0.15, -0.1) is 11.3 Å². The number of aliphatic imine (C=N–C) groups is 1. The van der Waals surface area contributed by atoms with Crippen LogP contribution in [0.1, 0.15) is 50.3 Å². The Balaban J connectivity index is 1.62. The number of hydrogen-bond acceptors (Lipinski definition) is 3. The van der Waals surface area contributed by atoms with Crippen LogP contribution in [0.5, 0.6) is 0 Å². The number of likely N-dealkylation sites (tertiary alicyclic amines) is 1. The van der Waals surface area contributed by atoms with Crippen molar-refractivity contribution >= 4 is 17.3 Å². The summed E-state index contributed by atoms with van der Waals surface area (Å²) in [6.07, 6.45) is 9.12. The van der Waals surface area contributed by atoms with E-state index in [0.29, 0.717) is 0 Å². The van der Waals surface area contributed by atoms with Crippen molar-refractivity contribution in [2.75, 3.05) is 46.3 Å². The predicted octanol–water partition coefficient (Wildman–Crippen LogP) is 3.84. The average Bonchev–Trinajstić information content (AvgIpc) is 3.16. The van der Waals surface area contributed by atoms with Gasteiger partial charge in [0.15, 0.2) is 5.96 Å². The third-order valence-corrected chi connectivity index (χ3v) is 5.75. The molecule has 0 atom stereocenters. The number of piperidine rings is 1. The molecule has 1 aromatic heterocycles. The Morgan fingerprint density at radius 3 is 2.80 bits per heavy atom. The molecule has 4 nitrogen and oxygen atoms in total. The lowest BCUT2D eigenvalue weighted by molar-refractivity contribution is 0.224. The number of thiophene rings is 1. The molecule has 0 spiro atoms. The number of hydrogen-bond donors (Lipinski definition) is 1. The van der Waals surface area contributed by atoms with Gasteiger partial charge in [-0.05, 0) is 70.1 Å². The lowest BCUT2D eigenvalue weighted by Crippen LogP contribution is -2.40. The molecular formula is C20H36N4S. The standard InChI is InChI=1S/C20H36N4S/c1-3-21-20(23(2)17-12-19-11-10-18-25-19)22-13-6-4-7-14-24-15-8-5-9-16-24/h10-11,18H,3-9,12-17H2,1-2H3,(H,21,22). The van der Waals surface area contributed by atoms with E-state index in [0.717, 1.165) is 32.0 Å². The molecule has 1 aliphatic rings. The van der Waals surface area contributed by atoms with Gasteiger partial charge in [0.25, 0.3) is 0 Å². The van der Waals surface area contributed by atoms with E-state index in [1.54, 1.807) is 0 Å². The fraction of sp³-hybridized carbons (Fsp3) is 0.750. The molecule has 0 saturated carbocycles. The summed E-state index contributed by atoms with van der Waals surface area (Å²) in [5.41, 5.74) is 0. The van der Waals surface area contributed by atoms with Gasteiger partial charge in [0.1, 0.15) is 0 Å². The second kappa shape index (κ2) is 12.3. The van der Waals surface area contributed by atoms with Crippen LogP contribution in [0.3, 0.4) is 0 Å². The lowest BCUT2D eigenvalue weighted by atomic mass is 10.1. The maximum absolute atomic E-state index is 4.82. The SMILES string of the molecule is CCNC(=NCCCCCN1CCCCC1)N(C)CCc1cccs1. The molecule has 2 rings (SSSR count). The van der Waals surface area contributed by atoms with Gasteiger partial charge in [0.05, 0.1) is 0 Å². The molecule has 0 radical (unpaired) electrons. The molecule has 1 fully saturated rings. The van der Waals surface area contributed by atoms with Crippen molar-refractivity contribution in [3.05, 3.63) is 22.4 Å². The minimum Gasteiger partial charge on any atom is -0.357 e. The molecule has 142 valence electrons. The number of nitrogens with zero attached hydrogens (tertiary/aromatic N) is 3. The largest absolute Gasteiger partial charge is 0.357 e. The molecule has 1 N–H and O–H groups in total. The van der Waals surface area contributed by atoms with E-state index in [2.05, 4.69) is 46.6 Å². The number of unbranched alkanes of at least 4 members (excludes halogenated alkanes) is 2. The van der Waals surface area contributed by atoms with Crippen molar-refractivity contribution in [1.82, 2.24) is 15.1 Å². The minimum absolute atomic E-state index is 0.928. The first kappa shape index (κ1) is 20.2. The van der Waals surface area contributed by atoms with Crippen molar-refractivity contribution in [2.24, 2.45) is 4.99 Å². The summed E-state index contributed by atoms with van der Waals surface area (Å²) >= 11 is 1.84. The van der Waals surface area contributed by atoms with E-state index in [9.17, 15) is 0 Å². The van der Waals surface area contributed by atoms with Crippen LogP contribution in [0, 0.1) is 0 Å². The van der Waals surface area contributed by atoms with Gasteiger partial charge in [-0.1, -0.05) is 18.9 Å². The number of guanidine groups is 1. The number of likely N-dealkylation sites (N-methyl/N-ethyl adjacent to an activating group) is 1. The van der Waals surface area contributed by atoms with E-state index in [1.165, 1.54) is 63.0 Å². The second-order valence-corrected chi connectivity index (χ2v) is 7.98. The molecule has 0 unspecified atom stereocenters. The van der Waals surface area contributed by atoms with Gasteiger partial charge >= 0.3 is 0 Å². The number of rotatable bonds is 10. The number of nitrogens with one attached hydrogen (secondary N) is 1. The van der Waals surface area contributed by atoms with E-state index in [1.807, 2.05) is 11.3 Å². The predicted molar refractivity (Wildman–Crippen MR) is 111 cm³/mol. The average molecular weight is 365 g/mol. The van der Waals surface area contributed by atoms with Gasteiger partial charge < -0.3 is 15.1 Å². The molecule has 5 heteroatoms. The molecule has 2 heterocycles. The fourth-order valence-electron chi connectivity index (χ4n) is 3.30. The van der Waals surface area contributed by atoms with Gasteiger partial charge in [0.2, 0.25) is 0 Å². The van der Waals surface area contributed by atoms with Crippen LogP contribution in [-0.2, 0) is 6.42 Å². The normalized spacial score (nSPS) is 16.2. The summed E-state index contributed by atoms with van der Waals surface area (Å²) in [6, 6.07) is 4.34. The van der Waals surface area contributed by atoms with Crippen molar-refractivity contribution in [3.63, 3.8) is 0 Å². The van der Waals surface area contributed by atoms with E-state index in [-0.39, 0.29) is 0 Å². The Bertz CT molecular complexity index is 466. The molecule has 1 aliphatic heterocycles. The highest BCUT2D eigenvalue weighted by Crippen LogP contribution is 2.11. The molecule has 0 bridgehead atoms. The Kier molecular flexibility index (Phi) is 9.97. The summed E-state index contributed by atoms with van der Waals surface area (Å²) in [5.74, 6) is 1.05. The Morgan fingerprint density at radius 1 is 1.24 bits per heavy atom.